The summed E-state index contributed by atoms with van der Waals surface area (Å²) >= 11 is 6.44. The Bertz CT molecular complexity index is 1250. The number of halogens is 1. The van der Waals surface area contributed by atoms with Crippen LogP contribution >= 0.6 is 11.6 Å². The Morgan fingerprint density at radius 2 is 1.97 bits per heavy atom. The number of carbonyl (C=O) groups excluding carboxylic acids is 1. The SMILES string of the molecule is CC#CCOC(=O)N1CCc2c([nH]c3c2=CC(Cl)CC=3)[C@@H]1c1ccc(OC2CCN(C)CC2)cc1. The average molecular weight is 494 g/mol. The van der Waals surface area contributed by atoms with Crippen LogP contribution in [0.25, 0.3) is 12.2 Å². The number of benzene rings is 1. The number of fused-ring (bicyclic) bond motifs is 3. The molecular weight excluding hydrogens is 462 g/mol. The number of H-pyrrole nitrogens is 1. The summed E-state index contributed by atoms with van der Waals surface area (Å²) in [6.45, 7) is 4.50. The number of aromatic nitrogens is 1. The maximum absolute atomic E-state index is 13.1. The van der Waals surface area contributed by atoms with Crippen molar-refractivity contribution in [1.82, 2.24) is 14.8 Å². The molecule has 3 aliphatic rings. The maximum Gasteiger partial charge on any atom is 0.411 e. The van der Waals surface area contributed by atoms with E-state index in [1.165, 1.54) is 10.8 Å². The van der Waals surface area contributed by atoms with Gasteiger partial charge in [0.25, 0.3) is 0 Å². The Hall–Kier alpha value is -2.88. The standard InChI is InChI=1S/C28H32ClN3O3/c1-3-4-17-34-28(33)32-16-13-23-24-18-20(29)7-10-25(24)30-26(23)27(32)19-5-8-21(9-6-19)35-22-11-14-31(2)15-12-22/h5-6,8-10,18,20,22,27,30H,7,11-17H2,1-2H3/t20?,27-/m0/s1. The van der Waals surface area contributed by atoms with Crippen LogP contribution < -0.4 is 15.3 Å². The van der Waals surface area contributed by atoms with Crippen molar-refractivity contribution >= 4 is 29.8 Å². The van der Waals surface area contributed by atoms with Crippen LogP contribution in [-0.2, 0) is 11.2 Å². The third-order valence-corrected chi connectivity index (χ3v) is 7.44. The number of nitrogens with zero attached hydrogens (tertiary/aromatic N) is 2. The molecule has 7 heteroatoms. The van der Waals surface area contributed by atoms with Crippen LogP contribution in [0, 0.1) is 11.8 Å². The zero-order valence-electron chi connectivity index (χ0n) is 20.4. The lowest BCUT2D eigenvalue weighted by atomic mass is 9.92. The summed E-state index contributed by atoms with van der Waals surface area (Å²) in [4.78, 5) is 20.8. The molecule has 1 fully saturated rings. The van der Waals surface area contributed by atoms with Crippen molar-refractivity contribution < 1.29 is 14.3 Å². The van der Waals surface area contributed by atoms with Crippen LogP contribution in [0.3, 0.4) is 0 Å². The van der Waals surface area contributed by atoms with Gasteiger partial charge in [0.2, 0.25) is 0 Å². The van der Waals surface area contributed by atoms with Crippen LogP contribution in [-0.4, -0.2) is 65.6 Å². The first-order valence-corrected chi connectivity index (χ1v) is 12.8. The molecule has 184 valence electrons. The van der Waals surface area contributed by atoms with Gasteiger partial charge in [0.15, 0.2) is 6.61 Å². The van der Waals surface area contributed by atoms with E-state index in [0.717, 1.165) is 61.1 Å². The lowest BCUT2D eigenvalue weighted by molar-refractivity contribution is 0.0990. The second-order valence-electron chi connectivity index (χ2n) is 9.48. The molecule has 1 amide bonds. The first kappa shape index (κ1) is 23.8. The predicted molar refractivity (Wildman–Crippen MR) is 138 cm³/mol. The van der Waals surface area contributed by atoms with Crippen LogP contribution in [0.15, 0.2) is 24.3 Å². The molecule has 2 aliphatic heterocycles. The number of nitrogens with one attached hydrogen (secondary N) is 1. The van der Waals surface area contributed by atoms with Gasteiger partial charge in [0, 0.05) is 35.9 Å². The molecule has 1 aliphatic carbocycles. The number of likely N-dealkylation sites (tertiary alicyclic amines) is 1. The molecule has 1 aromatic heterocycles. The van der Waals surface area contributed by atoms with Gasteiger partial charge >= 0.3 is 6.09 Å². The van der Waals surface area contributed by atoms with E-state index in [9.17, 15) is 4.79 Å². The molecular formula is C28H32ClN3O3. The molecule has 2 aromatic rings. The third-order valence-electron chi connectivity index (χ3n) is 7.14. The molecule has 1 saturated heterocycles. The highest BCUT2D eigenvalue weighted by molar-refractivity contribution is 6.24. The number of aromatic amines is 1. The summed E-state index contributed by atoms with van der Waals surface area (Å²) in [5.41, 5.74) is 3.28. The average Bonchev–Trinajstić information content (AvgIpc) is 3.23. The van der Waals surface area contributed by atoms with E-state index in [2.05, 4.69) is 53.1 Å². The molecule has 3 heterocycles. The van der Waals surface area contributed by atoms with Crippen LogP contribution in [0.5, 0.6) is 5.75 Å². The number of piperidine rings is 1. The molecule has 0 bridgehead atoms. The first-order chi connectivity index (χ1) is 17.0. The van der Waals surface area contributed by atoms with E-state index in [0.29, 0.717) is 6.54 Å². The Labute approximate surface area is 211 Å². The second-order valence-corrected chi connectivity index (χ2v) is 10.0. The lowest BCUT2D eigenvalue weighted by Crippen LogP contribution is -2.42. The Morgan fingerprint density at radius 1 is 1.20 bits per heavy atom. The zero-order chi connectivity index (χ0) is 24.4. The highest BCUT2D eigenvalue weighted by Gasteiger charge is 2.35. The molecule has 5 rings (SSSR count). The lowest BCUT2D eigenvalue weighted by Gasteiger charge is -2.35. The first-order valence-electron chi connectivity index (χ1n) is 12.4. The molecule has 0 radical (unpaired) electrons. The number of ether oxygens (including phenoxy) is 2. The summed E-state index contributed by atoms with van der Waals surface area (Å²) in [6.07, 6.45) is 7.79. The minimum absolute atomic E-state index is 0.00697. The number of amides is 1. The molecule has 1 N–H and O–H groups in total. The molecule has 6 nitrogen and oxygen atoms in total. The van der Waals surface area contributed by atoms with E-state index >= 15 is 0 Å². The quantitative estimate of drug-likeness (QED) is 0.525. The van der Waals surface area contributed by atoms with Crippen LogP contribution in [0.1, 0.15) is 49.0 Å². The second kappa shape index (κ2) is 10.4. The van der Waals surface area contributed by atoms with Crippen molar-refractivity contribution in [2.45, 2.75) is 50.1 Å². The van der Waals surface area contributed by atoms with E-state index in [4.69, 9.17) is 21.1 Å². The van der Waals surface area contributed by atoms with E-state index in [1.807, 2.05) is 12.1 Å². The van der Waals surface area contributed by atoms with Crippen molar-refractivity contribution in [3.05, 3.63) is 51.7 Å². The van der Waals surface area contributed by atoms with Crippen molar-refractivity contribution in [3.63, 3.8) is 0 Å². The summed E-state index contributed by atoms with van der Waals surface area (Å²) in [7, 11) is 2.15. The van der Waals surface area contributed by atoms with Gasteiger partial charge in [-0.05, 0) is 62.9 Å². The normalized spacial score (nSPS) is 22.1. The summed E-state index contributed by atoms with van der Waals surface area (Å²) in [5.74, 6) is 6.45. The smallest absolute Gasteiger partial charge is 0.411 e. The number of carbonyl (C=O) groups is 1. The van der Waals surface area contributed by atoms with Crippen molar-refractivity contribution in [2.24, 2.45) is 0 Å². The maximum atomic E-state index is 13.1. The van der Waals surface area contributed by atoms with Crippen molar-refractivity contribution in [3.8, 4) is 17.6 Å². The highest BCUT2D eigenvalue weighted by atomic mass is 35.5. The minimum atomic E-state index is -0.356. The summed E-state index contributed by atoms with van der Waals surface area (Å²) < 4.78 is 11.7. The minimum Gasteiger partial charge on any atom is -0.490 e. The Kier molecular flexibility index (Phi) is 7.08. The van der Waals surface area contributed by atoms with Gasteiger partial charge < -0.3 is 19.4 Å². The molecule has 0 spiro atoms. The fourth-order valence-electron chi connectivity index (χ4n) is 5.27. The zero-order valence-corrected chi connectivity index (χ0v) is 21.1. The van der Waals surface area contributed by atoms with Gasteiger partial charge in [-0.1, -0.05) is 30.2 Å². The molecule has 0 saturated carbocycles. The highest BCUT2D eigenvalue weighted by Crippen LogP contribution is 2.34. The van der Waals surface area contributed by atoms with Gasteiger partial charge in [-0.15, -0.1) is 17.5 Å². The topological polar surface area (TPSA) is 57.8 Å². The molecule has 35 heavy (non-hydrogen) atoms. The number of alkyl halides is 1. The Balaban J connectivity index is 1.45. The fraction of sp³-hybridized carbons (Fsp3) is 0.464. The fourth-order valence-corrected chi connectivity index (χ4v) is 5.48. The van der Waals surface area contributed by atoms with Gasteiger partial charge in [-0.2, -0.15) is 0 Å². The van der Waals surface area contributed by atoms with Gasteiger partial charge in [0.05, 0.1) is 5.38 Å². The van der Waals surface area contributed by atoms with Crippen molar-refractivity contribution in [2.75, 3.05) is 33.3 Å². The van der Waals surface area contributed by atoms with Gasteiger partial charge in [-0.25, -0.2) is 4.79 Å². The number of hydrogen-bond donors (Lipinski definition) is 1. The third kappa shape index (κ3) is 5.07. The van der Waals surface area contributed by atoms with Crippen molar-refractivity contribution in [1.29, 1.82) is 0 Å². The van der Waals surface area contributed by atoms with Gasteiger partial charge in [0.1, 0.15) is 17.9 Å². The van der Waals surface area contributed by atoms with E-state index in [-0.39, 0.29) is 30.2 Å². The molecule has 1 aromatic carbocycles. The van der Waals surface area contributed by atoms with Gasteiger partial charge in [-0.3, -0.25) is 4.90 Å². The van der Waals surface area contributed by atoms with E-state index < -0.39 is 0 Å². The molecule has 2 atom stereocenters. The molecule has 1 unspecified atom stereocenters. The van der Waals surface area contributed by atoms with Crippen LogP contribution in [0.4, 0.5) is 4.79 Å². The summed E-state index contributed by atoms with van der Waals surface area (Å²) in [5, 5.41) is 2.25. The number of hydrogen-bond acceptors (Lipinski definition) is 4. The summed E-state index contributed by atoms with van der Waals surface area (Å²) in [6, 6.07) is 7.88. The predicted octanol–water partition coefficient (Wildman–Crippen LogP) is 3.17. The monoisotopic (exact) mass is 493 g/mol. The Morgan fingerprint density at radius 3 is 2.71 bits per heavy atom. The largest absolute Gasteiger partial charge is 0.490 e. The van der Waals surface area contributed by atoms with Crippen LogP contribution in [0.2, 0.25) is 0 Å². The number of rotatable bonds is 4. The van der Waals surface area contributed by atoms with E-state index in [1.54, 1.807) is 11.8 Å².